The van der Waals surface area contributed by atoms with Gasteiger partial charge in [0.05, 0.1) is 16.1 Å². The highest BCUT2D eigenvalue weighted by Crippen LogP contribution is 2.41. The fourth-order valence-electron chi connectivity index (χ4n) is 3.80. The van der Waals surface area contributed by atoms with Crippen LogP contribution in [0.4, 0.5) is 29.8 Å². The Morgan fingerprint density at radius 1 is 1.32 bits per heavy atom. The zero-order chi connectivity index (χ0) is 23.9. The monoisotopic (exact) mass is 488 g/mol. The number of thiazole rings is 1. The molecule has 4 heterocycles. The number of nitrogens with one attached hydrogen (secondary N) is 1. The zero-order valence-electron chi connectivity index (χ0n) is 17.9. The fourth-order valence-corrected chi connectivity index (χ4v) is 4.62. The summed E-state index contributed by atoms with van der Waals surface area (Å²) in [6, 6.07) is 3.80. The van der Waals surface area contributed by atoms with Crippen molar-refractivity contribution in [3.05, 3.63) is 46.7 Å². The van der Waals surface area contributed by atoms with Crippen molar-refractivity contribution in [3.63, 3.8) is 0 Å². The zero-order valence-corrected chi connectivity index (χ0v) is 18.7. The second-order valence-electron chi connectivity index (χ2n) is 7.95. The van der Waals surface area contributed by atoms with Crippen LogP contribution in [0.15, 0.2) is 35.7 Å². The highest BCUT2D eigenvalue weighted by atomic mass is 32.1. The van der Waals surface area contributed by atoms with Crippen molar-refractivity contribution in [2.75, 3.05) is 25.5 Å². The molecule has 0 radical (unpaired) electrons. The van der Waals surface area contributed by atoms with E-state index in [0.29, 0.717) is 28.4 Å². The summed E-state index contributed by atoms with van der Waals surface area (Å²) < 4.78 is 47.1. The van der Waals surface area contributed by atoms with Crippen LogP contribution in [0.3, 0.4) is 0 Å². The molecule has 2 aliphatic heterocycles. The molecule has 3 aromatic rings. The number of benzene rings is 1. The lowest BCUT2D eigenvalue weighted by molar-refractivity contribution is -0.137. The Labute approximate surface area is 196 Å². The number of hydrogen-bond acceptors (Lipinski definition) is 9. The second-order valence-corrected chi connectivity index (χ2v) is 8.98. The molecule has 1 fully saturated rings. The van der Waals surface area contributed by atoms with Crippen molar-refractivity contribution < 1.29 is 23.0 Å². The standard InChI is InChI=1S/C22H19F3N6O2S/c1-31-5-4-14(10-31)33-13-2-3-17(16(7-13)22(23,24)25)29-21-30-20(32)18(34-21)6-12-8-27-19-15(12)9-26-11-28-19/h2-3,6-9,11,14,32H,4-5,10H2,1H3,(H,29,30)/b12-6+. The number of ether oxygens (including phenoxy) is 1. The summed E-state index contributed by atoms with van der Waals surface area (Å²) >= 11 is 1.01. The van der Waals surface area contributed by atoms with E-state index in [4.69, 9.17) is 4.74 Å². The van der Waals surface area contributed by atoms with Crippen molar-refractivity contribution in [1.29, 1.82) is 0 Å². The van der Waals surface area contributed by atoms with Gasteiger partial charge < -0.3 is 20.1 Å². The molecule has 1 saturated heterocycles. The van der Waals surface area contributed by atoms with E-state index in [2.05, 4.69) is 30.2 Å². The summed E-state index contributed by atoms with van der Waals surface area (Å²) in [5.41, 5.74) is 0.293. The van der Waals surface area contributed by atoms with Gasteiger partial charge in [-0.3, -0.25) is 0 Å². The third kappa shape index (κ3) is 4.59. The molecular weight excluding hydrogens is 469 g/mol. The van der Waals surface area contributed by atoms with Crippen LogP contribution < -0.4 is 10.1 Å². The Morgan fingerprint density at radius 3 is 2.94 bits per heavy atom. The van der Waals surface area contributed by atoms with Gasteiger partial charge >= 0.3 is 6.18 Å². The maximum absolute atomic E-state index is 13.8. The minimum absolute atomic E-state index is 0.111. The number of aromatic nitrogens is 3. The Balaban J connectivity index is 1.39. The lowest BCUT2D eigenvalue weighted by atomic mass is 10.1. The average molecular weight is 488 g/mol. The molecule has 2 aromatic heterocycles. The predicted octanol–water partition coefficient (Wildman–Crippen LogP) is 4.74. The molecule has 0 spiro atoms. The SMILES string of the molecule is CN1CCC(Oc2ccc(Nc3nc(O)c(/C=C4\C=Nc5ncncc54)s3)c(C(F)(F)F)c2)C1. The van der Waals surface area contributed by atoms with Crippen LogP contribution in [0.5, 0.6) is 11.6 Å². The first-order valence-corrected chi connectivity index (χ1v) is 11.2. The average Bonchev–Trinajstić information content (AvgIpc) is 3.48. The van der Waals surface area contributed by atoms with E-state index in [-0.39, 0.29) is 28.6 Å². The first kappa shape index (κ1) is 22.3. The van der Waals surface area contributed by atoms with Gasteiger partial charge in [0.2, 0.25) is 5.88 Å². The van der Waals surface area contributed by atoms with Gasteiger partial charge in [-0.1, -0.05) is 11.3 Å². The predicted molar refractivity (Wildman–Crippen MR) is 123 cm³/mol. The summed E-state index contributed by atoms with van der Waals surface area (Å²) in [7, 11) is 1.94. The lowest BCUT2D eigenvalue weighted by Crippen LogP contribution is -2.21. The summed E-state index contributed by atoms with van der Waals surface area (Å²) in [5.74, 6) is 0.356. The molecule has 1 aromatic carbocycles. The van der Waals surface area contributed by atoms with E-state index in [0.717, 1.165) is 30.4 Å². The first-order valence-electron chi connectivity index (χ1n) is 10.4. The van der Waals surface area contributed by atoms with Gasteiger partial charge in [-0.15, -0.1) is 0 Å². The number of alkyl halides is 3. The van der Waals surface area contributed by atoms with Gasteiger partial charge in [-0.25, -0.2) is 15.0 Å². The van der Waals surface area contributed by atoms with E-state index >= 15 is 0 Å². The highest BCUT2D eigenvalue weighted by Gasteiger charge is 2.35. The molecule has 1 atom stereocenters. The number of rotatable bonds is 5. The van der Waals surface area contributed by atoms with Crippen molar-refractivity contribution in [2.24, 2.45) is 4.99 Å². The molecule has 176 valence electrons. The Bertz CT molecular complexity index is 1290. The minimum atomic E-state index is -4.61. The molecule has 2 N–H and O–H groups in total. The van der Waals surface area contributed by atoms with Crippen LogP contribution in [0, 0.1) is 0 Å². The number of aromatic hydroxyl groups is 1. The largest absolute Gasteiger partial charge is 0.492 e. The number of allylic oxidation sites excluding steroid dienone is 1. The Kier molecular flexibility index (Phi) is 5.70. The molecule has 0 aliphatic carbocycles. The maximum atomic E-state index is 13.8. The molecule has 0 bridgehead atoms. The van der Waals surface area contributed by atoms with Crippen LogP contribution in [0.1, 0.15) is 22.4 Å². The van der Waals surface area contributed by atoms with Crippen molar-refractivity contribution in [2.45, 2.75) is 18.7 Å². The molecule has 2 aliphatic rings. The number of fused-ring (bicyclic) bond motifs is 1. The number of nitrogens with zero attached hydrogens (tertiary/aromatic N) is 5. The molecule has 0 amide bonds. The number of likely N-dealkylation sites (N-methyl/N-ethyl adjacent to an activating group) is 1. The highest BCUT2D eigenvalue weighted by molar-refractivity contribution is 7.16. The topological polar surface area (TPSA) is 95.8 Å². The molecule has 34 heavy (non-hydrogen) atoms. The van der Waals surface area contributed by atoms with Gasteiger partial charge in [0.1, 0.15) is 18.2 Å². The van der Waals surface area contributed by atoms with E-state index in [1.54, 1.807) is 18.5 Å². The van der Waals surface area contributed by atoms with Crippen LogP contribution in [0.25, 0.3) is 11.6 Å². The number of anilines is 2. The maximum Gasteiger partial charge on any atom is 0.418 e. The minimum Gasteiger partial charge on any atom is -0.492 e. The summed E-state index contributed by atoms with van der Waals surface area (Å²) in [4.78, 5) is 18.6. The smallest absolute Gasteiger partial charge is 0.418 e. The second kappa shape index (κ2) is 8.69. The number of likely N-dealkylation sites (tertiary alicyclic amines) is 1. The molecule has 0 saturated carbocycles. The molecular formula is C22H19F3N6O2S. The van der Waals surface area contributed by atoms with Gasteiger partial charge in [0, 0.05) is 36.6 Å². The van der Waals surface area contributed by atoms with E-state index < -0.39 is 11.7 Å². The molecule has 12 heteroatoms. The van der Waals surface area contributed by atoms with E-state index in [1.165, 1.54) is 18.5 Å². The molecule has 5 rings (SSSR count). The summed E-state index contributed by atoms with van der Waals surface area (Å²) in [6.45, 7) is 1.51. The van der Waals surface area contributed by atoms with Crippen molar-refractivity contribution >= 4 is 45.8 Å². The van der Waals surface area contributed by atoms with Crippen LogP contribution in [0.2, 0.25) is 0 Å². The molecule has 1 unspecified atom stereocenters. The molecule has 8 nitrogen and oxygen atoms in total. The Hall–Kier alpha value is -3.51. The van der Waals surface area contributed by atoms with Crippen molar-refractivity contribution in [1.82, 2.24) is 19.9 Å². The normalized spacial score (nSPS) is 19.1. The van der Waals surface area contributed by atoms with Crippen LogP contribution in [-0.4, -0.2) is 57.4 Å². The summed E-state index contributed by atoms with van der Waals surface area (Å²) in [6.07, 6.45) is 2.20. The lowest BCUT2D eigenvalue weighted by Gasteiger charge is -2.18. The van der Waals surface area contributed by atoms with E-state index in [1.807, 2.05) is 7.05 Å². The Morgan fingerprint density at radius 2 is 2.18 bits per heavy atom. The van der Waals surface area contributed by atoms with Gasteiger partial charge in [-0.05, 0) is 37.7 Å². The van der Waals surface area contributed by atoms with Crippen molar-refractivity contribution in [3.8, 4) is 11.6 Å². The first-order chi connectivity index (χ1) is 16.3. The number of hydrogen-bond donors (Lipinski definition) is 2. The van der Waals surface area contributed by atoms with Gasteiger partial charge in [0.25, 0.3) is 0 Å². The quantitative estimate of drug-likeness (QED) is 0.536. The van der Waals surface area contributed by atoms with Gasteiger partial charge in [-0.2, -0.15) is 18.2 Å². The van der Waals surface area contributed by atoms with Gasteiger partial charge in [0.15, 0.2) is 10.9 Å². The fraction of sp³-hybridized carbons (Fsp3) is 0.273. The van der Waals surface area contributed by atoms with E-state index in [9.17, 15) is 18.3 Å². The third-order valence-electron chi connectivity index (χ3n) is 5.44. The number of halogens is 3. The number of aliphatic imine (C=N–C) groups is 1. The summed E-state index contributed by atoms with van der Waals surface area (Å²) in [5, 5.41) is 13.1. The van der Waals surface area contributed by atoms with Crippen LogP contribution in [-0.2, 0) is 6.18 Å². The third-order valence-corrected chi connectivity index (χ3v) is 6.35. The van der Waals surface area contributed by atoms with Crippen LogP contribution >= 0.6 is 11.3 Å².